The molecule has 170 valence electrons. The molecule has 10 nitrogen and oxygen atoms in total. The van der Waals surface area contributed by atoms with Gasteiger partial charge >= 0.3 is 5.97 Å². The molecule has 3 rings (SSSR count). The Labute approximate surface area is 195 Å². The van der Waals surface area contributed by atoms with E-state index in [-0.39, 0.29) is 18.0 Å². The van der Waals surface area contributed by atoms with Crippen molar-refractivity contribution in [2.75, 3.05) is 25.6 Å². The molecule has 0 bridgehead atoms. The Morgan fingerprint density at radius 2 is 1.94 bits per heavy atom. The van der Waals surface area contributed by atoms with Crippen LogP contribution in [0.4, 0.5) is 5.82 Å². The number of esters is 1. The number of rotatable bonds is 9. The SMILES string of the molecule is COc1cc(/C=C/C(=O)OCC(=O)Nc2c(C#N)cnn2-c2ccccc2)ccc1OCC#N. The minimum absolute atomic E-state index is 0.123. The van der Waals surface area contributed by atoms with Crippen LogP contribution in [0.1, 0.15) is 11.1 Å². The molecule has 10 heteroatoms. The van der Waals surface area contributed by atoms with E-state index in [9.17, 15) is 14.9 Å². The van der Waals surface area contributed by atoms with Crippen molar-refractivity contribution in [2.45, 2.75) is 0 Å². The average molecular weight is 457 g/mol. The highest BCUT2D eigenvalue weighted by atomic mass is 16.5. The molecule has 0 fully saturated rings. The summed E-state index contributed by atoms with van der Waals surface area (Å²) in [5.41, 5.74) is 1.44. The van der Waals surface area contributed by atoms with Crippen LogP contribution in [0.3, 0.4) is 0 Å². The van der Waals surface area contributed by atoms with Gasteiger partial charge < -0.3 is 19.5 Å². The van der Waals surface area contributed by atoms with E-state index in [1.165, 1.54) is 24.1 Å². The van der Waals surface area contributed by atoms with Crippen molar-refractivity contribution in [1.82, 2.24) is 9.78 Å². The van der Waals surface area contributed by atoms with Crippen molar-refractivity contribution in [3.8, 4) is 29.3 Å². The number of aromatic nitrogens is 2. The number of carbonyl (C=O) groups is 2. The van der Waals surface area contributed by atoms with Crippen LogP contribution in [0.25, 0.3) is 11.8 Å². The van der Waals surface area contributed by atoms with Gasteiger partial charge in [-0.2, -0.15) is 15.6 Å². The lowest BCUT2D eigenvalue weighted by Crippen LogP contribution is -2.22. The smallest absolute Gasteiger partial charge is 0.331 e. The van der Waals surface area contributed by atoms with Crippen LogP contribution < -0.4 is 14.8 Å². The third-order valence-corrected chi connectivity index (χ3v) is 4.39. The predicted octanol–water partition coefficient (Wildman–Crippen LogP) is 2.85. The first-order valence-corrected chi connectivity index (χ1v) is 9.91. The molecule has 0 spiro atoms. The Bertz CT molecular complexity index is 1290. The summed E-state index contributed by atoms with van der Waals surface area (Å²) in [5.74, 6) is -0.399. The molecule has 0 aliphatic carbocycles. The molecule has 1 N–H and O–H groups in total. The summed E-state index contributed by atoms with van der Waals surface area (Å²) >= 11 is 0. The van der Waals surface area contributed by atoms with E-state index in [0.717, 1.165) is 6.08 Å². The van der Waals surface area contributed by atoms with E-state index in [4.69, 9.17) is 19.5 Å². The van der Waals surface area contributed by atoms with Crippen molar-refractivity contribution in [3.63, 3.8) is 0 Å². The third-order valence-electron chi connectivity index (χ3n) is 4.39. The second kappa shape index (κ2) is 11.5. The lowest BCUT2D eigenvalue weighted by Gasteiger charge is -2.09. The first kappa shape index (κ1) is 23.6. The number of amides is 1. The number of benzene rings is 2. The number of nitrogens with one attached hydrogen (secondary N) is 1. The van der Waals surface area contributed by atoms with Gasteiger partial charge in [-0.05, 0) is 35.9 Å². The van der Waals surface area contributed by atoms with Crippen LogP contribution >= 0.6 is 0 Å². The van der Waals surface area contributed by atoms with Gasteiger partial charge in [-0.3, -0.25) is 4.79 Å². The molecule has 0 aliphatic rings. The van der Waals surface area contributed by atoms with E-state index >= 15 is 0 Å². The maximum absolute atomic E-state index is 12.3. The zero-order chi connectivity index (χ0) is 24.3. The number of hydrogen-bond donors (Lipinski definition) is 1. The summed E-state index contributed by atoms with van der Waals surface area (Å²) in [6, 6.07) is 17.7. The van der Waals surface area contributed by atoms with E-state index < -0.39 is 18.5 Å². The van der Waals surface area contributed by atoms with Crippen molar-refractivity contribution < 1.29 is 23.8 Å². The second-order valence-corrected chi connectivity index (χ2v) is 6.61. The van der Waals surface area contributed by atoms with E-state index in [0.29, 0.717) is 22.7 Å². The number of ether oxygens (including phenoxy) is 3. The molecule has 0 saturated carbocycles. The fraction of sp³-hybridized carbons (Fsp3) is 0.125. The summed E-state index contributed by atoms with van der Waals surface area (Å²) in [4.78, 5) is 24.4. The number of carbonyl (C=O) groups excluding carboxylic acids is 2. The highest BCUT2D eigenvalue weighted by Gasteiger charge is 2.16. The van der Waals surface area contributed by atoms with Gasteiger partial charge in [-0.25, -0.2) is 9.48 Å². The third kappa shape index (κ3) is 5.99. The average Bonchev–Trinajstić information content (AvgIpc) is 3.27. The standard InChI is InChI=1S/C24H19N5O5/c1-32-21-13-17(7-9-20(21)33-12-11-25)8-10-23(31)34-16-22(30)28-24-18(14-26)15-27-29(24)19-5-3-2-4-6-19/h2-10,13,15H,12,16H2,1H3,(H,28,30)/b10-8+. The molecular formula is C24H19N5O5. The van der Waals surface area contributed by atoms with Gasteiger partial charge in [-0.1, -0.05) is 24.3 Å². The largest absolute Gasteiger partial charge is 0.493 e. The van der Waals surface area contributed by atoms with Gasteiger partial charge in [0.2, 0.25) is 0 Å². The van der Waals surface area contributed by atoms with Gasteiger partial charge in [0.25, 0.3) is 5.91 Å². The Hall–Kier alpha value is -5.09. The second-order valence-electron chi connectivity index (χ2n) is 6.61. The van der Waals surface area contributed by atoms with Crippen molar-refractivity contribution in [3.05, 3.63) is 71.9 Å². The van der Waals surface area contributed by atoms with Gasteiger partial charge in [0.1, 0.15) is 17.7 Å². The molecule has 0 radical (unpaired) electrons. The molecule has 3 aromatic rings. The predicted molar refractivity (Wildman–Crippen MR) is 121 cm³/mol. The summed E-state index contributed by atoms with van der Waals surface area (Å²) < 4.78 is 16.9. The number of hydrogen-bond acceptors (Lipinski definition) is 8. The zero-order valence-electron chi connectivity index (χ0n) is 18.1. The summed E-state index contributed by atoms with van der Waals surface area (Å²) in [6.45, 7) is -0.680. The zero-order valence-corrected chi connectivity index (χ0v) is 18.1. The van der Waals surface area contributed by atoms with Crippen LogP contribution in [-0.2, 0) is 14.3 Å². The molecule has 34 heavy (non-hydrogen) atoms. The molecule has 0 unspecified atom stereocenters. The van der Waals surface area contributed by atoms with Gasteiger partial charge in [0.15, 0.2) is 30.5 Å². The maximum atomic E-state index is 12.3. The lowest BCUT2D eigenvalue weighted by atomic mass is 10.2. The topological polar surface area (TPSA) is 139 Å². The highest BCUT2D eigenvalue weighted by molar-refractivity contribution is 5.95. The van der Waals surface area contributed by atoms with E-state index in [2.05, 4.69) is 10.4 Å². The summed E-state index contributed by atoms with van der Waals surface area (Å²) in [6.07, 6.45) is 3.98. The van der Waals surface area contributed by atoms with Crippen molar-refractivity contribution >= 4 is 23.8 Å². The molecule has 0 aliphatic heterocycles. The number of nitriles is 2. The molecule has 2 aromatic carbocycles. The Kier molecular flexibility index (Phi) is 7.98. The first-order chi connectivity index (χ1) is 16.5. The molecule has 1 amide bonds. The minimum Gasteiger partial charge on any atom is -0.493 e. The summed E-state index contributed by atoms with van der Waals surface area (Å²) in [7, 11) is 1.45. The van der Waals surface area contributed by atoms with Crippen LogP contribution in [0.15, 0.2) is 60.8 Å². The Balaban J connectivity index is 1.60. The normalized spacial score (nSPS) is 10.2. The first-order valence-electron chi connectivity index (χ1n) is 9.91. The monoisotopic (exact) mass is 457 g/mol. The number of para-hydroxylation sites is 1. The van der Waals surface area contributed by atoms with Crippen LogP contribution in [0.5, 0.6) is 11.5 Å². The molecule has 1 aromatic heterocycles. The van der Waals surface area contributed by atoms with Crippen molar-refractivity contribution in [1.29, 1.82) is 10.5 Å². The lowest BCUT2D eigenvalue weighted by molar-refractivity contribution is -0.142. The Morgan fingerprint density at radius 1 is 1.15 bits per heavy atom. The van der Waals surface area contributed by atoms with E-state index in [1.807, 2.05) is 18.2 Å². The summed E-state index contributed by atoms with van der Waals surface area (Å²) in [5, 5.41) is 24.6. The van der Waals surface area contributed by atoms with Crippen LogP contribution in [-0.4, -0.2) is 42.0 Å². The van der Waals surface area contributed by atoms with Crippen LogP contribution in [0.2, 0.25) is 0 Å². The minimum atomic E-state index is -0.740. The van der Waals surface area contributed by atoms with Gasteiger partial charge in [0.05, 0.1) is 19.0 Å². The Morgan fingerprint density at radius 3 is 2.65 bits per heavy atom. The molecule has 1 heterocycles. The quantitative estimate of drug-likeness (QED) is 0.382. The van der Waals surface area contributed by atoms with Crippen molar-refractivity contribution in [2.24, 2.45) is 0 Å². The molecular weight excluding hydrogens is 438 g/mol. The number of nitrogens with zero attached hydrogens (tertiary/aromatic N) is 4. The maximum Gasteiger partial charge on any atom is 0.331 e. The molecule has 0 saturated heterocycles. The highest BCUT2D eigenvalue weighted by Crippen LogP contribution is 2.28. The fourth-order valence-corrected chi connectivity index (χ4v) is 2.85. The van der Waals surface area contributed by atoms with E-state index in [1.54, 1.807) is 42.5 Å². The number of anilines is 1. The molecule has 0 atom stereocenters. The van der Waals surface area contributed by atoms with Gasteiger partial charge in [-0.15, -0.1) is 0 Å². The number of methoxy groups -OCH3 is 1. The van der Waals surface area contributed by atoms with Gasteiger partial charge in [0, 0.05) is 6.08 Å². The fourth-order valence-electron chi connectivity index (χ4n) is 2.85. The van der Waals surface area contributed by atoms with Crippen LogP contribution in [0, 0.1) is 22.7 Å².